The maximum atomic E-state index is 12.9. The molecule has 3 N–H and O–H groups in total. The van der Waals surface area contributed by atoms with E-state index in [0.717, 1.165) is 29.9 Å². The maximum absolute atomic E-state index is 12.9. The molecule has 0 aliphatic rings. The molecule has 6 nitrogen and oxygen atoms in total. The Morgan fingerprint density at radius 2 is 1.69 bits per heavy atom. The number of anilines is 2. The molecule has 0 aliphatic heterocycles. The van der Waals surface area contributed by atoms with Gasteiger partial charge in [0.25, 0.3) is 5.91 Å². The summed E-state index contributed by atoms with van der Waals surface area (Å²) in [6, 6.07) is 21.5. The fourth-order valence-corrected chi connectivity index (χ4v) is 3.76. The van der Waals surface area contributed by atoms with Crippen LogP contribution in [0.4, 0.5) is 11.4 Å². The van der Waals surface area contributed by atoms with Gasteiger partial charge in [-0.1, -0.05) is 50.2 Å². The number of hydrogen-bond donors (Lipinski definition) is 3. The predicted molar refractivity (Wildman–Crippen MR) is 140 cm³/mol. The number of rotatable bonds is 12. The van der Waals surface area contributed by atoms with Crippen molar-refractivity contribution in [3.63, 3.8) is 0 Å². The van der Waals surface area contributed by atoms with Gasteiger partial charge in [0.05, 0.1) is 12.2 Å². The number of benzene rings is 3. The molecule has 3 aromatic carbocycles. The van der Waals surface area contributed by atoms with Crippen LogP contribution in [-0.4, -0.2) is 23.6 Å². The van der Waals surface area contributed by atoms with Crippen molar-refractivity contribution in [1.29, 1.82) is 0 Å². The monoisotopic (exact) mass is 474 g/mol. The summed E-state index contributed by atoms with van der Waals surface area (Å²) < 4.78 is 5.66. The molecule has 35 heavy (non-hydrogen) atoms. The number of amides is 1. The predicted octanol–water partition coefficient (Wildman–Crippen LogP) is 6.30. The topological polar surface area (TPSA) is 87.7 Å². The van der Waals surface area contributed by atoms with Gasteiger partial charge >= 0.3 is 5.97 Å². The van der Waals surface area contributed by atoms with E-state index >= 15 is 0 Å². The highest BCUT2D eigenvalue weighted by Gasteiger charge is 2.14. The van der Waals surface area contributed by atoms with E-state index in [1.807, 2.05) is 25.1 Å². The minimum atomic E-state index is -0.868. The fraction of sp³-hybridized carbons (Fsp3) is 0.310. The van der Waals surface area contributed by atoms with Crippen molar-refractivity contribution >= 4 is 23.3 Å². The van der Waals surface area contributed by atoms with E-state index in [9.17, 15) is 9.59 Å². The molecular weight excluding hydrogens is 440 g/mol. The van der Waals surface area contributed by atoms with Gasteiger partial charge in [0.2, 0.25) is 0 Å². The second-order valence-corrected chi connectivity index (χ2v) is 9.09. The number of aliphatic carboxylic acids is 1. The van der Waals surface area contributed by atoms with Crippen LogP contribution in [0.2, 0.25) is 0 Å². The van der Waals surface area contributed by atoms with Crippen molar-refractivity contribution in [2.24, 2.45) is 5.92 Å². The van der Waals surface area contributed by atoms with Crippen molar-refractivity contribution in [2.45, 2.75) is 46.6 Å². The van der Waals surface area contributed by atoms with E-state index < -0.39 is 5.97 Å². The Hall–Kier alpha value is -3.80. The molecule has 0 radical (unpaired) electrons. The molecule has 3 aromatic rings. The minimum Gasteiger partial charge on any atom is -0.493 e. The zero-order valence-electron chi connectivity index (χ0n) is 20.6. The lowest BCUT2D eigenvalue weighted by molar-refractivity contribution is -0.137. The van der Waals surface area contributed by atoms with E-state index in [-0.39, 0.29) is 18.9 Å². The van der Waals surface area contributed by atoms with Gasteiger partial charge < -0.3 is 20.5 Å². The van der Waals surface area contributed by atoms with Crippen LogP contribution in [0.5, 0.6) is 5.75 Å². The third-order valence-electron chi connectivity index (χ3n) is 5.56. The fourth-order valence-electron chi connectivity index (χ4n) is 3.76. The van der Waals surface area contributed by atoms with E-state index in [4.69, 9.17) is 9.84 Å². The molecular formula is C29H34N2O4. The molecule has 0 fully saturated rings. The molecule has 184 valence electrons. The Morgan fingerprint density at radius 3 is 2.37 bits per heavy atom. The number of carboxylic acid groups (broad SMARTS) is 1. The van der Waals surface area contributed by atoms with Gasteiger partial charge in [0.15, 0.2) is 0 Å². The van der Waals surface area contributed by atoms with Crippen LogP contribution < -0.4 is 15.4 Å². The Balaban J connectivity index is 1.58. The number of nitrogens with one attached hydrogen (secondary N) is 2. The largest absolute Gasteiger partial charge is 0.493 e. The number of carboxylic acids is 1. The summed E-state index contributed by atoms with van der Waals surface area (Å²) in [6.45, 7) is 7.36. The van der Waals surface area contributed by atoms with Gasteiger partial charge in [-0.2, -0.15) is 0 Å². The molecule has 1 amide bonds. The molecule has 0 bridgehead atoms. The third kappa shape index (κ3) is 8.18. The van der Waals surface area contributed by atoms with E-state index in [0.29, 0.717) is 23.7 Å². The van der Waals surface area contributed by atoms with E-state index in [2.05, 4.69) is 48.7 Å². The number of carbonyl (C=O) groups excluding carboxylic acids is 1. The number of ether oxygens (including phenoxy) is 1. The van der Waals surface area contributed by atoms with Gasteiger partial charge in [-0.05, 0) is 72.7 Å². The number of aryl methyl sites for hydroxylation is 1. The number of para-hydroxylation sites is 1. The summed E-state index contributed by atoms with van der Waals surface area (Å²) in [5, 5.41) is 15.2. The minimum absolute atomic E-state index is 0.0252. The van der Waals surface area contributed by atoms with Gasteiger partial charge in [0.1, 0.15) is 5.75 Å². The van der Waals surface area contributed by atoms with Crippen LogP contribution in [0.25, 0.3) is 0 Å². The van der Waals surface area contributed by atoms with E-state index in [1.54, 1.807) is 24.3 Å². The Morgan fingerprint density at radius 1 is 0.971 bits per heavy atom. The summed E-state index contributed by atoms with van der Waals surface area (Å²) >= 11 is 0. The number of carbonyl (C=O) groups is 2. The Kier molecular flexibility index (Phi) is 9.30. The highest BCUT2D eigenvalue weighted by Crippen LogP contribution is 2.24. The molecule has 0 aromatic heterocycles. The number of hydrogen-bond acceptors (Lipinski definition) is 4. The lowest BCUT2D eigenvalue weighted by atomic mass is 10.0. The van der Waals surface area contributed by atoms with Crippen molar-refractivity contribution in [3.05, 3.63) is 89.0 Å². The summed E-state index contributed by atoms with van der Waals surface area (Å²) in [5.74, 6) is -0.0618. The molecule has 6 heteroatoms. The van der Waals surface area contributed by atoms with E-state index in [1.165, 1.54) is 11.1 Å². The second-order valence-electron chi connectivity index (χ2n) is 9.09. The molecule has 0 unspecified atom stereocenters. The first kappa shape index (κ1) is 25.8. The summed E-state index contributed by atoms with van der Waals surface area (Å²) in [6.07, 6.45) is 1.49. The van der Waals surface area contributed by atoms with Crippen molar-refractivity contribution in [2.75, 3.05) is 17.2 Å². The smallest absolute Gasteiger partial charge is 0.303 e. The zero-order valence-corrected chi connectivity index (χ0v) is 20.6. The van der Waals surface area contributed by atoms with Crippen LogP contribution in [0, 0.1) is 12.8 Å². The molecule has 3 rings (SSSR count). The standard InChI is InChI=1S/C29H34N2O4/c1-20(2)17-22-10-12-23(13-11-22)19-30-24-14-15-26(21(3)18-24)31-29(34)25-7-4-5-8-27(25)35-16-6-9-28(32)33/h4-5,7-8,10-15,18,20,30H,6,9,16-17,19H2,1-3H3,(H,31,34)(H,32,33). The quantitative estimate of drug-likeness (QED) is 0.268. The average Bonchev–Trinajstić information content (AvgIpc) is 2.82. The van der Waals surface area contributed by atoms with Crippen LogP contribution in [0.3, 0.4) is 0 Å². The molecule has 0 saturated carbocycles. The lowest BCUT2D eigenvalue weighted by Gasteiger charge is -2.14. The van der Waals surface area contributed by atoms with Crippen LogP contribution in [0.15, 0.2) is 66.7 Å². The summed E-state index contributed by atoms with van der Waals surface area (Å²) in [4.78, 5) is 23.6. The first-order chi connectivity index (χ1) is 16.8. The summed E-state index contributed by atoms with van der Waals surface area (Å²) in [5.41, 5.74) is 5.62. The van der Waals surface area contributed by atoms with Gasteiger partial charge in [-0.25, -0.2) is 0 Å². The van der Waals surface area contributed by atoms with Crippen LogP contribution in [0.1, 0.15) is 53.7 Å². The van der Waals surface area contributed by atoms with Crippen molar-refractivity contribution in [1.82, 2.24) is 0 Å². The first-order valence-electron chi connectivity index (χ1n) is 12.0. The third-order valence-corrected chi connectivity index (χ3v) is 5.56. The second kappa shape index (κ2) is 12.6. The molecule has 0 heterocycles. The normalized spacial score (nSPS) is 10.7. The molecule has 0 aliphatic carbocycles. The van der Waals surface area contributed by atoms with Gasteiger partial charge in [-0.15, -0.1) is 0 Å². The molecule has 0 saturated heterocycles. The average molecular weight is 475 g/mol. The molecule has 0 atom stereocenters. The molecule has 0 spiro atoms. The SMILES string of the molecule is Cc1cc(NCc2ccc(CC(C)C)cc2)ccc1NC(=O)c1ccccc1OCCCC(=O)O. The highest BCUT2D eigenvalue weighted by molar-refractivity contribution is 6.06. The maximum Gasteiger partial charge on any atom is 0.303 e. The van der Waals surface area contributed by atoms with Gasteiger partial charge in [-0.3, -0.25) is 9.59 Å². The zero-order chi connectivity index (χ0) is 25.2. The Bertz CT molecular complexity index is 1140. The van der Waals surface area contributed by atoms with Gasteiger partial charge in [0, 0.05) is 24.3 Å². The first-order valence-corrected chi connectivity index (χ1v) is 12.0. The van der Waals surface area contributed by atoms with Crippen molar-refractivity contribution < 1.29 is 19.4 Å². The lowest BCUT2D eigenvalue weighted by Crippen LogP contribution is -2.15. The van der Waals surface area contributed by atoms with Crippen LogP contribution in [-0.2, 0) is 17.8 Å². The Labute approximate surface area is 207 Å². The highest BCUT2D eigenvalue weighted by atomic mass is 16.5. The van der Waals surface area contributed by atoms with Crippen LogP contribution >= 0.6 is 0 Å². The van der Waals surface area contributed by atoms with Crippen molar-refractivity contribution in [3.8, 4) is 5.75 Å². The summed E-state index contributed by atoms with van der Waals surface area (Å²) in [7, 11) is 0.